The zero-order chi connectivity index (χ0) is 19.0. The van der Waals surface area contributed by atoms with Crippen LogP contribution in [0.15, 0.2) is 0 Å². The first-order valence-corrected chi connectivity index (χ1v) is 10.0. The molecule has 4 rings (SSSR count). The van der Waals surface area contributed by atoms with Gasteiger partial charge in [-0.1, -0.05) is 6.92 Å². The van der Waals surface area contributed by atoms with E-state index in [1.165, 1.54) is 16.9 Å². The molecule has 0 aromatic carbocycles. The summed E-state index contributed by atoms with van der Waals surface area (Å²) in [5, 5.41) is 16.9. The molecule has 3 aromatic heterocycles. The molecule has 0 fully saturated rings. The molecule has 9 heteroatoms. The SMILES string of the molecule is Cc1nc2sc3c(c2c2nc(C(=O)NCCOCCO)nn12)CC(C)CC3. The molecule has 1 amide bonds. The summed E-state index contributed by atoms with van der Waals surface area (Å²) >= 11 is 1.74. The van der Waals surface area contributed by atoms with Gasteiger partial charge in [-0.2, -0.15) is 4.52 Å². The minimum Gasteiger partial charge on any atom is -0.394 e. The van der Waals surface area contributed by atoms with E-state index in [2.05, 4.69) is 22.3 Å². The third-order valence-corrected chi connectivity index (χ3v) is 6.05. The fourth-order valence-corrected chi connectivity index (χ4v) is 4.78. The number of ether oxygens (including phenoxy) is 1. The summed E-state index contributed by atoms with van der Waals surface area (Å²) in [5.41, 5.74) is 2.04. The predicted octanol–water partition coefficient (Wildman–Crippen LogP) is 1.51. The van der Waals surface area contributed by atoms with Gasteiger partial charge in [0, 0.05) is 11.4 Å². The maximum absolute atomic E-state index is 12.4. The monoisotopic (exact) mass is 389 g/mol. The van der Waals surface area contributed by atoms with Crippen LogP contribution in [0, 0.1) is 12.8 Å². The molecule has 0 spiro atoms. The van der Waals surface area contributed by atoms with E-state index in [4.69, 9.17) is 14.8 Å². The molecule has 1 unspecified atom stereocenters. The number of nitrogens with one attached hydrogen (secondary N) is 1. The van der Waals surface area contributed by atoms with Crippen LogP contribution in [0.25, 0.3) is 15.9 Å². The van der Waals surface area contributed by atoms with Gasteiger partial charge in [-0.05, 0) is 37.7 Å². The minimum atomic E-state index is -0.337. The van der Waals surface area contributed by atoms with Gasteiger partial charge in [0.25, 0.3) is 5.91 Å². The van der Waals surface area contributed by atoms with Crippen molar-refractivity contribution in [3.8, 4) is 0 Å². The lowest BCUT2D eigenvalue weighted by atomic mass is 9.89. The molecule has 1 aliphatic carbocycles. The highest BCUT2D eigenvalue weighted by atomic mass is 32.1. The molecule has 2 N–H and O–H groups in total. The minimum absolute atomic E-state index is 0.0339. The highest BCUT2D eigenvalue weighted by Gasteiger charge is 2.25. The summed E-state index contributed by atoms with van der Waals surface area (Å²) in [5.74, 6) is 1.16. The van der Waals surface area contributed by atoms with Crippen LogP contribution >= 0.6 is 11.3 Å². The van der Waals surface area contributed by atoms with E-state index in [9.17, 15) is 4.79 Å². The molecular formula is C18H23N5O3S. The van der Waals surface area contributed by atoms with Gasteiger partial charge in [-0.15, -0.1) is 16.4 Å². The van der Waals surface area contributed by atoms with Gasteiger partial charge in [-0.3, -0.25) is 4.79 Å². The lowest BCUT2D eigenvalue weighted by Gasteiger charge is -2.17. The predicted molar refractivity (Wildman–Crippen MR) is 102 cm³/mol. The van der Waals surface area contributed by atoms with E-state index in [1.807, 2.05) is 6.92 Å². The fraction of sp³-hybridized carbons (Fsp3) is 0.556. The summed E-state index contributed by atoms with van der Waals surface area (Å²) in [4.78, 5) is 24.0. The number of carbonyl (C=O) groups excluding carboxylic acids is 1. The van der Waals surface area contributed by atoms with Gasteiger partial charge >= 0.3 is 0 Å². The summed E-state index contributed by atoms with van der Waals surface area (Å²) in [7, 11) is 0. The van der Waals surface area contributed by atoms with E-state index in [1.54, 1.807) is 15.9 Å². The molecule has 0 bridgehead atoms. The molecule has 3 heterocycles. The number of hydrogen-bond acceptors (Lipinski definition) is 7. The molecule has 0 radical (unpaired) electrons. The number of amides is 1. The number of carbonyl (C=O) groups is 1. The first-order chi connectivity index (χ1) is 13.1. The van der Waals surface area contributed by atoms with Crippen molar-refractivity contribution in [1.82, 2.24) is 24.9 Å². The zero-order valence-corrected chi connectivity index (χ0v) is 16.3. The summed E-state index contributed by atoms with van der Waals surface area (Å²) in [6.45, 7) is 5.05. The summed E-state index contributed by atoms with van der Waals surface area (Å²) in [6.07, 6.45) is 3.30. The van der Waals surface area contributed by atoms with Crippen LogP contribution in [0.5, 0.6) is 0 Å². The number of aromatic nitrogens is 4. The van der Waals surface area contributed by atoms with Crippen molar-refractivity contribution in [3.05, 3.63) is 22.1 Å². The van der Waals surface area contributed by atoms with Gasteiger partial charge in [0.05, 0.1) is 25.2 Å². The highest BCUT2D eigenvalue weighted by Crippen LogP contribution is 2.38. The molecule has 144 valence electrons. The molecule has 8 nitrogen and oxygen atoms in total. The normalized spacial score (nSPS) is 16.8. The topological polar surface area (TPSA) is 102 Å². The lowest BCUT2D eigenvalue weighted by molar-refractivity contribution is 0.0832. The Bertz CT molecular complexity index is 996. The van der Waals surface area contributed by atoms with E-state index in [0.29, 0.717) is 24.7 Å². The van der Waals surface area contributed by atoms with Crippen LogP contribution in [-0.2, 0) is 17.6 Å². The number of thiophene rings is 1. The quantitative estimate of drug-likeness (QED) is 0.620. The molecule has 3 aromatic rings. The van der Waals surface area contributed by atoms with E-state index >= 15 is 0 Å². The number of rotatable bonds is 6. The summed E-state index contributed by atoms with van der Waals surface area (Å²) < 4.78 is 6.82. The third kappa shape index (κ3) is 3.42. The Morgan fingerprint density at radius 3 is 3.07 bits per heavy atom. The van der Waals surface area contributed by atoms with E-state index in [-0.39, 0.29) is 24.9 Å². The largest absolute Gasteiger partial charge is 0.394 e. The van der Waals surface area contributed by atoms with Crippen molar-refractivity contribution in [1.29, 1.82) is 0 Å². The Morgan fingerprint density at radius 1 is 1.41 bits per heavy atom. The zero-order valence-electron chi connectivity index (χ0n) is 15.5. The van der Waals surface area contributed by atoms with Gasteiger partial charge in [0.15, 0.2) is 5.65 Å². The average Bonchev–Trinajstić information content (AvgIpc) is 3.23. The maximum atomic E-state index is 12.4. The fourth-order valence-electron chi connectivity index (χ4n) is 3.53. The van der Waals surface area contributed by atoms with Crippen molar-refractivity contribution in [2.75, 3.05) is 26.4 Å². The van der Waals surface area contributed by atoms with E-state index in [0.717, 1.165) is 28.9 Å². The molecule has 0 saturated heterocycles. The molecule has 0 saturated carbocycles. The third-order valence-electron chi connectivity index (χ3n) is 4.86. The lowest BCUT2D eigenvalue weighted by Crippen LogP contribution is -2.28. The van der Waals surface area contributed by atoms with Crippen LogP contribution in [0.2, 0.25) is 0 Å². The van der Waals surface area contributed by atoms with E-state index < -0.39 is 0 Å². The second kappa shape index (κ2) is 7.49. The molecular weight excluding hydrogens is 366 g/mol. The Kier molecular flexibility index (Phi) is 5.07. The number of aliphatic hydroxyl groups excluding tert-OH is 1. The first-order valence-electron chi connectivity index (χ1n) is 9.23. The number of nitrogens with zero attached hydrogens (tertiary/aromatic N) is 4. The highest BCUT2D eigenvalue weighted by molar-refractivity contribution is 7.19. The molecule has 1 atom stereocenters. The van der Waals surface area contributed by atoms with Crippen molar-refractivity contribution in [3.63, 3.8) is 0 Å². The van der Waals surface area contributed by atoms with Crippen LogP contribution in [0.3, 0.4) is 0 Å². The van der Waals surface area contributed by atoms with Crippen LogP contribution in [0.1, 0.15) is 40.2 Å². The van der Waals surface area contributed by atoms with Gasteiger partial charge in [0.2, 0.25) is 5.82 Å². The molecule has 0 aliphatic heterocycles. The van der Waals surface area contributed by atoms with Crippen molar-refractivity contribution in [2.45, 2.75) is 33.1 Å². The average molecular weight is 389 g/mol. The van der Waals surface area contributed by atoms with Crippen molar-refractivity contribution in [2.24, 2.45) is 5.92 Å². The standard InChI is InChI=1S/C18H23N5O3S/c1-10-3-4-13-12(9-10)14-16-21-15(17(25)19-5-7-26-8-6-24)22-23(16)11(2)20-18(14)27-13/h10,24H,3-9H2,1-2H3,(H,19,25). The number of aryl methyl sites for hydroxylation is 2. The Labute approximate surface area is 160 Å². The van der Waals surface area contributed by atoms with Gasteiger partial charge in [-0.25, -0.2) is 9.97 Å². The van der Waals surface area contributed by atoms with Crippen molar-refractivity contribution < 1.29 is 14.6 Å². The van der Waals surface area contributed by atoms with Crippen LogP contribution in [-0.4, -0.2) is 57.0 Å². The smallest absolute Gasteiger partial charge is 0.291 e. The Hall–Kier alpha value is -2.10. The van der Waals surface area contributed by atoms with Crippen molar-refractivity contribution >= 4 is 33.1 Å². The number of hydrogen-bond donors (Lipinski definition) is 2. The molecule has 1 aliphatic rings. The van der Waals surface area contributed by atoms with Crippen LogP contribution < -0.4 is 5.32 Å². The molecule has 27 heavy (non-hydrogen) atoms. The summed E-state index contributed by atoms with van der Waals surface area (Å²) in [6, 6.07) is 0. The number of aliphatic hydroxyl groups is 1. The second-order valence-electron chi connectivity index (χ2n) is 6.95. The first kappa shape index (κ1) is 18.3. The van der Waals surface area contributed by atoms with Gasteiger partial charge in [0.1, 0.15) is 10.7 Å². The van der Waals surface area contributed by atoms with Crippen LogP contribution in [0.4, 0.5) is 0 Å². The maximum Gasteiger partial charge on any atom is 0.291 e. The van der Waals surface area contributed by atoms with Gasteiger partial charge < -0.3 is 15.2 Å². The second-order valence-corrected chi connectivity index (χ2v) is 8.04. The Balaban J connectivity index is 1.67. The Morgan fingerprint density at radius 2 is 2.26 bits per heavy atom. The number of fused-ring (bicyclic) bond motifs is 5.